The molecule has 0 atom stereocenters. The summed E-state index contributed by atoms with van der Waals surface area (Å²) in [7, 11) is 0. The van der Waals surface area contributed by atoms with E-state index >= 15 is 0 Å². The van der Waals surface area contributed by atoms with Crippen LogP contribution in [0.2, 0.25) is 5.15 Å². The zero-order valence-corrected chi connectivity index (χ0v) is 14.0. The molecule has 7 nitrogen and oxygen atoms in total. The number of carbonyl (C=O) groups is 1. The maximum absolute atomic E-state index is 12.3. The second kappa shape index (κ2) is 7.63. The highest BCUT2D eigenvalue weighted by molar-refractivity contribution is 6.29. The van der Waals surface area contributed by atoms with Crippen molar-refractivity contribution in [2.45, 2.75) is 25.3 Å². The molecule has 2 aromatic rings. The molecule has 0 aromatic carbocycles. The fourth-order valence-electron chi connectivity index (χ4n) is 3.03. The molecular formula is C16H20ClN5O2. The van der Waals surface area contributed by atoms with Gasteiger partial charge in [0.05, 0.1) is 13.2 Å². The van der Waals surface area contributed by atoms with E-state index in [1.807, 2.05) is 10.7 Å². The molecule has 2 aromatic heterocycles. The summed E-state index contributed by atoms with van der Waals surface area (Å²) in [5.41, 5.74) is 1.77. The van der Waals surface area contributed by atoms with E-state index in [0.29, 0.717) is 36.4 Å². The number of aromatic nitrogens is 3. The fraction of sp³-hybridized carbons (Fsp3) is 0.438. The topological polar surface area (TPSA) is 83.3 Å². The zero-order chi connectivity index (χ0) is 16.9. The Morgan fingerprint density at radius 2 is 2.12 bits per heavy atom. The number of amides is 2. The first-order chi connectivity index (χ1) is 11.7. The smallest absolute Gasteiger partial charge is 0.321 e. The Labute approximate surface area is 145 Å². The Kier molecular flexibility index (Phi) is 5.32. The van der Waals surface area contributed by atoms with Gasteiger partial charge in [-0.3, -0.25) is 4.68 Å². The van der Waals surface area contributed by atoms with Crippen LogP contribution in [0, 0.1) is 0 Å². The summed E-state index contributed by atoms with van der Waals surface area (Å²) >= 11 is 5.83. The van der Waals surface area contributed by atoms with Gasteiger partial charge in [0.15, 0.2) is 0 Å². The first kappa shape index (κ1) is 16.7. The van der Waals surface area contributed by atoms with Gasteiger partial charge in [0, 0.05) is 42.8 Å². The van der Waals surface area contributed by atoms with Crippen LogP contribution in [0.4, 0.5) is 10.5 Å². The lowest BCUT2D eigenvalue weighted by molar-refractivity contribution is 0.192. The van der Waals surface area contributed by atoms with Crippen LogP contribution in [0.1, 0.15) is 24.5 Å². The number of piperidine rings is 1. The maximum Gasteiger partial charge on any atom is 0.321 e. The van der Waals surface area contributed by atoms with Crippen molar-refractivity contribution in [3.63, 3.8) is 0 Å². The van der Waals surface area contributed by atoms with Crippen molar-refractivity contribution in [1.29, 1.82) is 0 Å². The summed E-state index contributed by atoms with van der Waals surface area (Å²) < 4.78 is 1.85. The van der Waals surface area contributed by atoms with E-state index in [9.17, 15) is 4.79 Å². The number of hydrogen-bond donors (Lipinski definition) is 2. The number of aliphatic hydroxyl groups excluding tert-OH is 1. The van der Waals surface area contributed by atoms with Crippen molar-refractivity contribution in [1.82, 2.24) is 19.7 Å². The molecule has 3 rings (SSSR count). The van der Waals surface area contributed by atoms with Gasteiger partial charge in [-0.15, -0.1) is 0 Å². The third kappa shape index (κ3) is 3.85. The van der Waals surface area contributed by atoms with E-state index in [2.05, 4.69) is 15.4 Å². The molecule has 24 heavy (non-hydrogen) atoms. The molecule has 0 saturated carbocycles. The SMILES string of the molecule is O=C(Nc1ccnc(Cl)c1)N1CCC(c2ccnn2CCO)CC1. The van der Waals surface area contributed by atoms with Gasteiger partial charge in [0.1, 0.15) is 5.15 Å². The van der Waals surface area contributed by atoms with E-state index < -0.39 is 0 Å². The molecule has 0 radical (unpaired) electrons. The normalized spacial score (nSPS) is 15.5. The number of nitrogens with one attached hydrogen (secondary N) is 1. The molecule has 8 heteroatoms. The Balaban J connectivity index is 1.56. The number of hydrogen-bond acceptors (Lipinski definition) is 4. The number of anilines is 1. The third-order valence-electron chi connectivity index (χ3n) is 4.24. The van der Waals surface area contributed by atoms with Gasteiger partial charge in [-0.25, -0.2) is 9.78 Å². The Morgan fingerprint density at radius 1 is 1.33 bits per heavy atom. The Morgan fingerprint density at radius 3 is 2.83 bits per heavy atom. The summed E-state index contributed by atoms with van der Waals surface area (Å²) in [6.07, 6.45) is 5.08. The second-order valence-corrected chi connectivity index (χ2v) is 6.15. The van der Waals surface area contributed by atoms with Crippen molar-refractivity contribution in [3.05, 3.63) is 41.4 Å². The van der Waals surface area contributed by atoms with Gasteiger partial charge in [0.2, 0.25) is 0 Å². The molecule has 0 bridgehead atoms. The van der Waals surface area contributed by atoms with Crippen LogP contribution in [0.3, 0.4) is 0 Å². The van der Waals surface area contributed by atoms with Crippen molar-refractivity contribution < 1.29 is 9.90 Å². The average molecular weight is 350 g/mol. The highest BCUT2D eigenvalue weighted by atomic mass is 35.5. The third-order valence-corrected chi connectivity index (χ3v) is 4.45. The zero-order valence-electron chi connectivity index (χ0n) is 13.2. The molecule has 2 N–H and O–H groups in total. The summed E-state index contributed by atoms with van der Waals surface area (Å²) in [6, 6.07) is 5.21. The van der Waals surface area contributed by atoms with Gasteiger partial charge < -0.3 is 15.3 Å². The molecule has 3 heterocycles. The number of carbonyl (C=O) groups excluding carboxylic acids is 1. The first-order valence-electron chi connectivity index (χ1n) is 7.97. The standard InChI is InChI=1S/C16H20ClN5O2/c17-15-11-13(1-5-18-15)20-16(24)21-7-3-12(4-8-21)14-2-6-19-22(14)9-10-23/h1-2,5-6,11-12,23H,3-4,7-10H2,(H,18,20,24). The van der Waals surface area contributed by atoms with Gasteiger partial charge >= 0.3 is 6.03 Å². The summed E-state index contributed by atoms with van der Waals surface area (Å²) in [6.45, 7) is 1.94. The summed E-state index contributed by atoms with van der Waals surface area (Å²) in [5, 5.41) is 16.5. The van der Waals surface area contributed by atoms with Gasteiger partial charge in [-0.2, -0.15) is 5.10 Å². The van der Waals surface area contributed by atoms with Gasteiger partial charge in [-0.1, -0.05) is 11.6 Å². The average Bonchev–Trinajstić information content (AvgIpc) is 3.04. The summed E-state index contributed by atoms with van der Waals surface area (Å²) in [5.74, 6) is 0.360. The number of nitrogens with zero attached hydrogens (tertiary/aromatic N) is 4. The molecule has 1 saturated heterocycles. The van der Waals surface area contributed by atoms with E-state index in [4.69, 9.17) is 16.7 Å². The van der Waals surface area contributed by atoms with E-state index in [1.54, 1.807) is 29.4 Å². The van der Waals surface area contributed by atoms with Crippen LogP contribution >= 0.6 is 11.6 Å². The number of aliphatic hydroxyl groups is 1. The highest BCUT2D eigenvalue weighted by Gasteiger charge is 2.25. The van der Waals surface area contributed by atoms with E-state index in [0.717, 1.165) is 18.5 Å². The molecule has 0 aliphatic carbocycles. The predicted octanol–water partition coefficient (Wildman–Crippen LogP) is 2.34. The Hall–Kier alpha value is -2.12. The molecule has 1 aliphatic rings. The van der Waals surface area contributed by atoms with E-state index in [-0.39, 0.29) is 12.6 Å². The minimum absolute atomic E-state index is 0.0738. The molecule has 128 valence electrons. The van der Waals surface area contributed by atoms with Gasteiger partial charge in [0.25, 0.3) is 0 Å². The van der Waals surface area contributed by atoms with Crippen LogP contribution in [-0.4, -0.2) is 50.5 Å². The van der Waals surface area contributed by atoms with Crippen LogP contribution in [0.25, 0.3) is 0 Å². The van der Waals surface area contributed by atoms with Gasteiger partial charge in [-0.05, 0) is 31.0 Å². The Bertz CT molecular complexity index is 697. The number of urea groups is 1. The maximum atomic E-state index is 12.3. The van der Waals surface area contributed by atoms with Crippen LogP contribution in [-0.2, 0) is 6.54 Å². The minimum Gasteiger partial charge on any atom is -0.394 e. The number of pyridine rings is 1. The lowest BCUT2D eigenvalue weighted by atomic mass is 9.93. The van der Waals surface area contributed by atoms with Crippen LogP contribution < -0.4 is 5.32 Å². The molecule has 1 fully saturated rings. The van der Waals surface area contributed by atoms with Crippen molar-refractivity contribution in [2.24, 2.45) is 0 Å². The van der Waals surface area contributed by atoms with Crippen LogP contribution in [0.15, 0.2) is 30.6 Å². The minimum atomic E-state index is -0.125. The first-order valence-corrected chi connectivity index (χ1v) is 8.35. The summed E-state index contributed by atoms with van der Waals surface area (Å²) in [4.78, 5) is 18.0. The predicted molar refractivity (Wildman–Crippen MR) is 91.1 cm³/mol. The quantitative estimate of drug-likeness (QED) is 0.830. The van der Waals surface area contributed by atoms with Crippen molar-refractivity contribution in [2.75, 3.05) is 25.0 Å². The number of rotatable bonds is 4. The molecular weight excluding hydrogens is 330 g/mol. The van der Waals surface area contributed by atoms with E-state index in [1.165, 1.54) is 0 Å². The fourth-order valence-corrected chi connectivity index (χ4v) is 3.21. The molecule has 2 amide bonds. The van der Waals surface area contributed by atoms with Crippen molar-refractivity contribution >= 4 is 23.3 Å². The molecule has 1 aliphatic heterocycles. The second-order valence-electron chi connectivity index (χ2n) is 5.76. The number of halogens is 1. The lowest BCUT2D eigenvalue weighted by Gasteiger charge is -2.32. The number of likely N-dealkylation sites (tertiary alicyclic amines) is 1. The monoisotopic (exact) mass is 349 g/mol. The van der Waals surface area contributed by atoms with Crippen molar-refractivity contribution in [3.8, 4) is 0 Å². The van der Waals surface area contributed by atoms with Crippen LogP contribution in [0.5, 0.6) is 0 Å². The highest BCUT2D eigenvalue weighted by Crippen LogP contribution is 2.28. The largest absolute Gasteiger partial charge is 0.394 e. The molecule has 0 unspecified atom stereocenters. The molecule has 0 spiro atoms. The lowest BCUT2D eigenvalue weighted by Crippen LogP contribution is -2.40.